The maximum Gasteiger partial charge on any atom is 0.122 e. The SMILES string of the molecule is COc1ccc(OC)c(C(C)CCN)c1C. The van der Waals surface area contributed by atoms with E-state index in [1.165, 1.54) is 5.56 Å². The third-order valence-electron chi connectivity index (χ3n) is 2.96. The molecule has 0 aliphatic carbocycles. The Labute approximate surface area is 97.6 Å². The maximum absolute atomic E-state index is 5.61. The molecule has 0 saturated carbocycles. The number of nitrogens with two attached hydrogens (primary N) is 1. The maximum atomic E-state index is 5.61. The minimum absolute atomic E-state index is 0.384. The molecule has 0 fully saturated rings. The Morgan fingerprint density at radius 1 is 1.19 bits per heavy atom. The van der Waals surface area contributed by atoms with Gasteiger partial charge in [-0.05, 0) is 43.5 Å². The lowest BCUT2D eigenvalue weighted by molar-refractivity contribution is 0.392. The summed E-state index contributed by atoms with van der Waals surface area (Å²) in [6.07, 6.45) is 0.949. The fraction of sp³-hybridized carbons (Fsp3) is 0.538. The summed E-state index contributed by atoms with van der Waals surface area (Å²) in [6, 6.07) is 3.89. The first kappa shape index (κ1) is 12.8. The third kappa shape index (κ3) is 2.47. The number of hydrogen-bond acceptors (Lipinski definition) is 3. The molecule has 0 aliphatic rings. The molecule has 1 atom stereocenters. The fourth-order valence-electron chi connectivity index (χ4n) is 2.09. The second kappa shape index (κ2) is 5.75. The van der Waals surface area contributed by atoms with Crippen LogP contribution >= 0.6 is 0 Å². The van der Waals surface area contributed by atoms with Gasteiger partial charge < -0.3 is 15.2 Å². The largest absolute Gasteiger partial charge is 0.496 e. The van der Waals surface area contributed by atoms with E-state index in [4.69, 9.17) is 15.2 Å². The summed E-state index contributed by atoms with van der Waals surface area (Å²) in [5.41, 5.74) is 7.95. The van der Waals surface area contributed by atoms with Gasteiger partial charge in [-0.1, -0.05) is 6.92 Å². The number of benzene rings is 1. The fourth-order valence-corrected chi connectivity index (χ4v) is 2.09. The van der Waals surface area contributed by atoms with E-state index in [1.807, 2.05) is 12.1 Å². The lowest BCUT2D eigenvalue weighted by Crippen LogP contribution is -2.08. The highest BCUT2D eigenvalue weighted by molar-refractivity contribution is 5.49. The van der Waals surface area contributed by atoms with Crippen LogP contribution in [0.25, 0.3) is 0 Å². The minimum Gasteiger partial charge on any atom is -0.496 e. The van der Waals surface area contributed by atoms with Crippen molar-refractivity contribution in [2.45, 2.75) is 26.2 Å². The van der Waals surface area contributed by atoms with Gasteiger partial charge in [0, 0.05) is 5.56 Å². The number of ether oxygens (including phenoxy) is 2. The molecule has 1 unspecified atom stereocenters. The van der Waals surface area contributed by atoms with Gasteiger partial charge in [-0.15, -0.1) is 0 Å². The summed E-state index contributed by atoms with van der Waals surface area (Å²) >= 11 is 0. The van der Waals surface area contributed by atoms with Gasteiger partial charge in [0.05, 0.1) is 14.2 Å². The molecular weight excluding hydrogens is 202 g/mol. The Bertz CT molecular complexity index is 350. The van der Waals surface area contributed by atoms with E-state index in [0.29, 0.717) is 12.5 Å². The van der Waals surface area contributed by atoms with Crippen LogP contribution in [-0.2, 0) is 0 Å². The van der Waals surface area contributed by atoms with Crippen molar-refractivity contribution in [3.8, 4) is 11.5 Å². The minimum atomic E-state index is 0.384. The lowest BCUT2D eigenvalue weighted by atomic mass is 9.92. The normalized spacial score (nSPS) is 12.3. The molecule has 1 aromatic rings. The molecule has 0 amide bonds. The molecule has 0 spiro atoms. The molecule has 1 aromatic carbocycles. The number of hydrogen-bond donors (Lipinski definition) is 1. The van der Waals surface area contributed by atoms with E-state index in [1.54, 1.807) is 14.2 Å². The quantitative estimate of drug-likeness (QED) is 0.834. The van der Waals surface area contributed by atoms with Crippen LogP contribution in [0.5, 0.6) is 11.5 Å². The molecule has 3 nitrogen and oxygen atoms in total. The number of rotatable bonds is 5. The Balaban J connectivity index is 3.20. The van der Waals surface area contributed by atoms with Crippen LogP contribution in [0.15, 0.2) is 12.1 Å². The van der Waals surface area contributed by atoms with Crippen LogP contribution in [0.4, 0.5) is 0 Å². The van der Waals surface area contributed by atoms with Crippen molar-refractivity contribution >= 4 is 0 Å². The summed E-state index contributed by atoms with van der Waals surface area (Å²) in [5.74, 6) is 2.20. The Hall–Kier alpha value is -1.22. The van der Waals surface area contributed by atoms with E-state index in [2.05, 4.69) is 13.8 Å². The molecule has 0 radical (unpaired) electrons. The van der Waals surface area contributed by atoms with E-state index in [-0.39, 0.29) is 0 Å². The van der Waals surface area contributed by atoms with Gasteiger partial charge in [0.15, 0.2) is 0 Å². The first-order valence-corrected chi connectivity index (χ1v) is 5.57. The molecule has 0 aromatic heterocycles. The van der Waals surface area contributed by atoms with Crippen LogP contribution in [-0.4, -0.2) is 20.8 Å². The first-order chi connectivity index (χ1) is 7.65. The highest BCUT2D eigenvalue weighted by Crippen LogP contribution is 2.36. The molecular formula is C13H21NO2. The predicted octanol–water partition coefficient (Wildman–Crippen LogP) is 2.46. The van der Waals surface area contributed by atoms with Crippen LogP contribution < -0.4 is 15.2 Å². The predicted molar refractivity (Wildman–Crippen MR) is 66.4 cm³/mol. The highest BCUT2D eigenvalue weighted by Gasteiger charge is 2.16. The molecule has 2 N–H and O–H groups in total. The van der Waals surface area contributed by atoms with Crippen molar-refractivity contribution in [1.29, 1.82) is 0 Å². The Morgan fingerprint density at radius 3 is 2.25 bits per heavy atom. The Morgan fingerprint density at radius 2 is 1.75 bits per heavy atom. The Kier molecular flexibility index (Phi) is 4.62. The smallest absolute Gasteiger partial charge is 0.122 e. The average molecular weight is 223 g/mol. The van der Waals surface area contributed by atoms with Crippen LogP contribution in [0, 0.1) is 6.92 Å². The van der Waals surface area contributed by atoms with Gasteiger partial charge in [-0.25, -0.2) is 0 Å². The van der Waals surface area contributed by atoms with Gasteiger partial charge in [0.25, 0.3) is 0 Å². The van der Waals surface area contributed by atoms with E-state index < -0.39 is 0 Å². The van der Waals surface area contributed by atoms with Crippen LogP contribution in [0.3, 0.4) is 0 Å². The topological polar surface area (TPSA) is 44.5 Å². The van der Waals surface area contributed by atoms with Crippen molar-refractivity contribution in [3.63, 3.8) is 0 Å². The second-order valence-electron chi connectivity index (χ2n) is 3.99. The first-order valence-electron chi connectivity index (χ1n) is 5.57. The highest BCUT2D eigenvalue weighted by atomic mass is 16.5. The standard InChI is InChI=1S/C13H21NO2/c1-9(7-8-14)13-10(2)11(15-3)5-6-12(13)16-4/h5-6,9H,7-8,14H2,1-4H3. The average Bonchev–Trinajstić information content (AvgIpc) is 2.28. The molecule has 90 valence electrons. The zero-order chi connectivity index (χ0) is 12.1. The van der Waals surface area contributed by atoms with E-state index in [9.17, 15) is 0 Å². The molecule has 0 heterocycles. The van der Waals surface area contributed by atoms with Gasteiger partial charge >= 0.3 is 0 Å². The lowest BCUT2D eigenvalue weighted by Gasteiger charge is -2.19. The molecule has 0 aliphatic heterocycles. The van der Waals surface area contributed by atoms with Crippen LogP contribution in [0.2, 0.25) is 0 Å². The van der Waals surface area contributed by atoms with E-state index in [0.717, 1.165) is 23.5 Å². The van der Waals surface area contributed by atoms with Crippen molar-refractivity contribution < 1.29 is 9.47 Å². The van der Waals surface area contributed by atoms with Crippen molar-refractivity contribution in [2.24, 2.45) is 5.73 Å². The van der Waals surface area contributed by atoms with E-state index >= 15 is 0 Å². The number of methoxy groups -OCH3 is 2. The third-order valence-corrected chi connectivity index (χ3v) is 2.96. The van der Waals surface area contributed by atoms with Crippen LogP contribution in [0.1, 0.15) is 30.4 Å². The summed E-state index contributed by atoms with van der Waals surface area (Å²) < 4.78 is 10.7. The van der Waals surface area contributed by atoms with Gasteiger partial charge in [-0.2, -0.15) is 0 Å². The zero-order valence-electron chi connectivity index (χ0n) is 10.5. The molecule has 1 rings (SSSR count). The zero-order valence-corrected chi connectivity index (χ0v) is 10.5. The van der Waals surface area contributed by atoms with Gasteiger partial charge in [0.2, 0.25) is 0 Å². The van der Waals surface area contributed by atoms with Gasteiger partial charge in [0.1, 0.15) is 11.5 Å². The summed E-state index contributed by atoms with van der Waals surface area (Å²) in [5, 5.41) is 0. The van der Waals surface area contributed by atoms with Crippen molar-refractivity contribution in [3.05, 3.63) is 23.3 Å². The molecule has 16 heavy (non-hydrogen) atoms. The van der Waals surface area contributed by atoms with Gasteiger partial charge in [-0.3, -0.25) is 0 Å². The summed E-state index contributed by atoms with van der Waals surface area (Å²) in [6.45, 7) is 4.90. The monoisotopic (exact) mass is 223 g/mol. The molecule has 3 heteroatoms. The van der Waals surface area contributed by atoms with Crippen molar-refractivity contribution in [1.82, 2.24) is 0 Å². The van der Waals surface area contributed by atoms with Crippen molar-refractivity contribution in [2.75, 3.05) is 20.8 Å². The molecule has 0 saturated heterocycles. The summed E-state index contributed by atoms with van der Waals surface area (Å²) in [7, 11) is 3.38. The second-order valence-corrected chi connectivity index (χ2v) is 3.99. The molecule has 0 bridgehead atoms. The summed E-state index contributed by atoms with van der Waals surface area (Å²) in [4.78, 5) is 0.